The number of alkyl halides is 3. The summed E-state index contributed by atoms with van der Waals surface area (Å²) in [7, 11) is 1.94. The molecule has 4 aromatic rings. The van der Waals surface area contributed by atoms with Crippen LogP contribution in [0.4, 0.5) is 29.3 Å². The van der Waals surface area contributed by atoms with Gasteiger partial charge in [-0.1, -0.05) is 12.1 Å². The molecule has 0 spiro atoms. The van der Waals surface area contributed by atoms with Crippen molar-refractivity contribution in [2.75, 3.05) is 10.6 Å². The third kappa shape index (κ3) is 3.93. The summed E-state index contributed by atoms with van der Waals surface area (Å²) in [6.45, 7) is 0. The molecule has 0 fully saturated rings. The van der Waals surface area contributed by atoms with E-state index in [9.17, 15) is 18.0 Å². The van der Waals surface area contributed by atoms with Gasteiger partial charge in [-0.15, -0.1) is 0 Å². The lowest BCUT2D eigenvalue weighted by atomic mass is 10.1. The van der Waals surface area contributed by atoms with Gasteiger partial charge in [0.25, 0.3) is 0 Å². The molecular weight excluding hydrogens is 383 g/mol. The molecule has 0 bridgehead atoms. The summed E-state index contributed by atoms with van der Waals surface area (Å²) in [4.78, 5) is 17.9. The zero-order valence-electron chi connectivity index (χ0n) is 15.2. The first-order chi connectivity index (χ1) is 13.8. The van der Waals surface area contributed by atoms with Crippen LogP contribution < -0.4 is 10.6 Å². The van der Waals surface area contributed by atoms with Gasteiger partial charge in [-0.2, -0.15) is 13.2 Å². The number of aromatic nitrogens is 3. The Morgan fingerprint density at radius 1 is 1.07 bits per heavy atom. The van der Waals surface area contributed by atoms with Crippen molar-refractivity contribution < 1.29 is 18.0 Å². The minimum atomic E-state index is -4.55. The van der Waals surface area contributed by atoms with Crippen molar-refractivity contribution in [1.82, 2.24) is 14.5 Å². The number of hydrogen-bond donors (Lipinski definition) is 3. The molecule has 0 aliphatic heterocycles. The van der Waals surface area contributed by atoms with E-state index >= 15 is 0 Å². The van der Waals surface area contributed by atoms with Crippen LogP contribution in [0.15, 0.2) is 60.9 Å². The molecule has 0 aliphatic rings. The number of H-pyrrole nitrogens is 1. The highest BCUT2D eigenvalue weighted by molar-refractivity contribution is 6.01. The number of aryl methyl sites for hydroxylation is 1. The third-order valence-electron chi connectivity index (χ3n) is 4.42. The van der Waals surface area contributed by atoms with E-state index in [0.717, 1.165) is 17.1 Å². The predicted molar refractivity (Wildman–Crippen MR) is 105 cm³/mol. The number of urea groups is 1. The van der Waals surface area contributed by atoms with E-state index in [4.69, 9.17) is 0 Å². The molecule has 0 aliphatic carbocycles. The average Bonchev–Trinajstić information content (AvgIpc) is 3.29. The second-order valence-corrected chi connectivity index (χ2v) is 6.50. The molecule has 0 radical (unpaired) electrons. The molecule has 4 rings (SSSR count). The van der Waals surface area contributed by atoms with Gasteiger partial charge < -0.3 is 20.2 Å². The lowest BCUT2D eigenvalue weighted by Crippen LogP contribution is -2.19. The van der Waals surface area contributed by atoms with E-state index < -0.39 is 18.0 Å². The van der Waals surface area contributed by atoms with Gasteiger partial charge in [0.15, 0.2) is 0 Å². The molecule has 2 aromatic carbocycles. The Kier molecular flexibility index (Phi) is 4.50. The molecule has 9 heteroatoms. The van der Waals surface area contributed by atoms with Crippen LogP contribution in [0.5, 0.6) is 0 Å². The molecule has 0 unspecified atom stereocenters. The summed E-state index contributed by atoms with van der Waals surface area (Å²) in [5.74, 6) is -1.07. The summed E-state index contributed by atoms with van der Waals surface area (Å²) in [5.41, 5.74) is 2.78. The number of carbonyl (C=O) groups excluding carboxylic acids is 1. The predicted octanol–water partition coefficient (Wildman–Crippen LogP) is 5.23. The number of fused-ring (bicyclic) bond motifs is 1. The van der Waals surface area contributed by atoms with E-state index in [1.54, 1.807) is 30.3 Å². The molecule has 2 amide bonds. The Labute approximate surface area is 163 Å². The normalized spacial score (nSPS) is 11.6. The monoisotopic (exact) mass is 399 g/mol. The number of rotatable bonds is 3. The minimum absolute atomic E-state index is 0.205. The van der Waals surface area contributed by atoms with E-state index in [0.29, 0.717) is 16.9 Å². The summed E-state index contributed by atoms with van der Waals surface area (Å²) in [6.07, 6.45) is -1.51. The SMILES string of the molecule is Cn1ccc2cc(NC(=O)Nc3cccc(-c4cnc(C(F)(F)F)[nH]4)c3)ccc21. The lowest BCUT2D eigenvalue weighted by molar-refractivity contribution is -0.144. The maximum absolute atomic E-state index is 12.7. The highest BCUT2D eigenvalue weighted by Crippen LogP contribution is 2.29. The highest BCUT2D eigenvalue weighted by atomic mass is 19.4. The molecule has 0 saturated carbocycles. The first-order valence-corrected chi connectivity index (χ1v) is 8.65. The lowest BCUT2D eigenvalue weighted by Gasteiger charge is -2.09. The second kappa shape index (κ2) is 7.01. The van der Waals surface area contributed by atoms with Gasteiger partial charge in [-0.05, 0) is 36.4 Å². The van der Waals surface area contributed by atoms with Crippen LogP contribution >= 0.6 is 0 Å². The van der Waals surface area contributed by atoms with E-state index in [2.05, 4.69) is 20.6 Å². The Bertz CT molecular complexity index is 1190. The second-order valence-electron chi connectivity index (χ2n) is 6.50. The van der Waals surface area contributed by atoms with Gasteiger partial charge in [-0.3, -0.25) is 0 Å². The zero-order valence-corrected chi connectivity index (χ0v) is 15.2. The molecule has 2 aromatic heterocycles. The Hall–Kier alpha value is -3.75. The number of aromatic amines is 1. The number of amides is 2. The van der Waals surface area contributed by atoms with Crippen molar-refractivity contribution in [3.8, 4) is 11.3 Å². The Morgan fingerprint density at radius 2 is 1.83 bits per heavy atom. The fraction of sp³-hybridized carbons (Fsp3) is 0.100. The number of carbonyl (C=O) groups is 1. The van der Waals surface area contributed by atoms with Gasteiger partial charge in [0.2, 0.25) is 5.82 Å². The molecule has 3 N–H and O–H groups in total. The van der Waals surface area contributed by atoms with Crippen LogP contribution in [-0.4, -0.2) is 20.6 Å². The van der Waals surface area contributed by atoms with Crippen molar-refractivity contribution in [3.63, 3.8) is 0 Å². The largest absolute Gasteiger partial charge is 0.449 e. The van der Waals surface area contributed by atoms with Crippen molar-refractivity contribution in [1.29, 1.82) is 0 Å². The van der Waals surface area contributed by atoms with Crippen molar-refractivity contribution in [2.45, 2.75) is 6.18 Å². The van der Waals surface area contributed by atoms with Crippen LogP contribution in [0.25, 0.3) is 22.2 Å². The topological polar surface area (TPSA) is 74.7 Å². The van der Waals surface area contributed by atoms with E-state index in [-0.39, 0.29) is 5.69 Å². The van der Waals surface area contributed by atoms with Crippen LogP contribution in [0, 0.1) is 0 Å². The molecule has 0 saturated heterocycles. The van der Waals surface area contributed by atoms with Crippen molar-refractivity contribution in [3.05, 3.63) is 66.7 Å². The van der Waals surface area contributed by atoms with E-state index in [1.807, 2.05) is 36.0 Å². The maximum Gasteiger partial charge on any atom is 0.449 e. The Morgan fingerprint density at radius 3 is 2.55 bits per heavy atom. The quantitative estimate of drug-likeness (QED) is 0.441. The number of benzene rings is 2. The summed E-state index contributed by atoms with van der Waals surface area (Å²) < 4.78 is 40.1. The summed E-state index contributed by atoms with van der Waals surface area (Å²) >= 11 is 0. The molecule has 2 heterocycles. The van der Waals surface area contributed by atoms with Crippen molar-refractivity contribution >= 4 is 28.3 Å². The molecule has 0 atom stereocenters. The van der Waals surface area contributed by atoms with Gasteiger partial charge in [-0.25, -0.2) is 9.78 Å². The van der Waals surface area contributed by atoms with Gasteiger partial charge >= 0.3 is 12.2 Å². The number of halogens is 3. The van der Waals surface area contributed by atoms with Crippen LogP contribution in [-0.2, 0) is 13.2 Å². The van der Waals surface area contributed by atoms with Crippen LogP contribution in [0.2, 0.25) is 0 Å². The van der Waals surface area contributed by atoms with Gasteiger partial charge in [0.05, 0.1) is 11.9 Å². The van der Waals surface area contributed by atoms with Crippen LogP contribution in [0.1, 0.15) is 5.82 Å². The fourth-order valence-corrected chi connectivity index (χ4v) is 3.03. The molecule has 148 valence electrons. The van der Waals surface area contributed by atoms with Gasteiger partial charge in [0.1, 0.15) is 0 Å². The number of hydrogen-bond acceptors (Lipinski definition) is 2. The zero-order chi connectivity index (χ0) is 20.6. The average molecular weight is 399 g/mol. The maximum atomic E-state index is 12.7. The van der Waals surface area contributed by atoms with Crippen LogP contribution in [0.3, 0.4) is 0 Å². The molecule has 29 heavy (non-hydrogen) atoms. The summed E-state index contributed by atoms with van der Waals surface area (Å²) in [6, 6.07) is 13.5. The van der Waals surface area contributed by atoms with Crippen molar-refractivity contribution in [2.24, 2.45) is 7.05 Å². The van der Waals surface area contributed by atoms with Gasteiger partial charge in [0, 0.05) is 41.1 Å². The third-order valence-corrected chi connectivity index (χ3v) is 4.42. The fourth-order valence-electron chi connectivity index (χ4n) is 3.03. The summed E-state index contributed by atoms with van der Waals surface area (Å²) in [5, 5.41) is 6.42. The number of imidazole rings is 1. The smallest absolute Gasteiger partial charge is 0.351 e. The number of nitrogens with zero attached hydrogens (tertiary/aromatic N) is 2. The van der Waals surface area contributed by atoms with E-state index in [1.165, 1.54) is 0 Å². The highest BCUT2D eigenvalue weighted by Gasteiger charge is 2.34. The molecular formula is C20H16F3N5O. The standard InChI is InChI=1S/C20H16F3N5O/c1-28-8-7-13-10-15(5-6-17(13)28)26-19(29)25-14-4-2-3-12(9-14)16-11-24-18(27-16)20(21,22)23/h2-11H,1H3,(H,24,27)(H2,25,26,29). The number of nitrogens with one attached hydrogen (secondary N) is 3. The molecule has 6 nitrogen and oxygen atoms in total. The first-order valence-electron chi connectivity index (χ1n) is 8.65. The number of anilines is 2. The Balaban J connectivity index is 1.48. The minimum Gasteiger partial charge on any atom is -0.351 e. The first kappa shape index (κ1) is 18.6.